The predicted octanol–water partition coefficient (Wildman–Crippen LogP) is 6.30. The van der Waals surface area contributed by atoms with Gasteiger partial charge in [-0.2, -0.15) is 0 Å². The fourth-order valence-electron chi connectivity index (χ4n) is 4.49. The second-order valence-electron chi connectivity index (χ2n) is 7.41. The van der Waals surface area contributed by atoms with Crippen molar-refractivity contribution in [3.8, 4) is 0 Å². The molecule has 0 saturated heterocycles. The Bertz CT molecular complexity index is 317. The fourth-order valence-corrected chi connectivity index (χ4v) is 4.49. The maximum atomic E-state index is 5.95. The molecule has 2 saturated carbocycles. The summed E-state index contributed by atoms with van der Waals surface area (Å²) >= 11 is 0. The van der Waals surface area contributed by atoms with Gasteiger partial charge in [0.1, 0.15) is 0 Å². The van der Waals surface area contributed by atoms with Crippen LogP contribution in [-0.2, 0) is 4.74 Å². The van der Waals surface area contributed by atoms with Gasteiger partial charge < -0.3 is 4.74 Å². The van der Waals surface area contributed by atoms with E-state index < -0.39 is 0 Å². The van der Waals surface area contributed by atoms with Gasteiger partial charge in [0, 0.05) is 0 Å². The first-order chi connectivity index (χ1) is 10.8. The molecule has 0 bridgehead atoms. The lowest BCUT2D eigenvalue weighted by Crippen LogP contribution is -2.28. The number of rotatable bonds is 8. The zero-order chi connectivity index (χ0) is 15.6. The highest BCUT2D eigenvalue weighted by atomic mass is 16.5. The highest BCUT2D eigenvalue weighted by Crippen LogP contribution is 2.41. The lowest BCUT2D eigenvalue weighted by molar-refractivity contribution is 0.00916. The van der Waals surface area contributed by atoms with Crippen LogP contribution in [-0.4, -0.2) is 12.7 Å². The molecule has 0 aromatic heterocycles. The minimum atomic E-state index is 0.536. The van der Waals surface area contributed by atoms with E-state index in [4.69, 9.17) is 4.74 Å². The van der Waals surface area contributed by atoms with E-state index in [-0.39, 0.29) is 0 Å². The van der Waals surface area contributed by atoms with Gasteiger partial charge in [0.25, 0.3) is 0 Å². The highest BCUT2D eigenvalue weighted by molar-refractivity contribution is 4.84. The lowest BCUT2D eigenvalue weighted by Gasteiger charge is -2.37. The summed E-state index contributed by atoms with van der Waals surface area (Å²) in [5, 5.41) is 0. The Morgan fingerprint density at radius 1 is 0.909 bits per heavy atom. The highest BCUT2D eigenvalue weighted by Gasteiger charge is 2.30. The molecule has 126 valence electrons. The molecule has 0 atom stereocenters. The van der Waals surface area contributed by atoms with Gasteiger partial charge in [-0.15, -0.1) is 6.58 Å². The predicted molar refractivity (Wildman–Crippen MR) is 96.0 cm³/mol. The molecule has 0 aromatic rings. The van der Waals surface area contributed by atoms with Crippen molar-refractivity contribution in [1.29, 1.82) is 0 Å². The van der Waals surface area contributed by atoms with Crippen LogP contribution in [0.15, 0.2) is 24.8 Å². The summed E-state index contributed by atoms with van der Waals surface area (Å²) in [6, 6.07) is 0. The van der Waals surface area contributed by atoms with Gasteiger partial charge in [-0.05, 0) is 82.5 Å². The van der Waals surface area contributed by atoms with E-state index in [1.54, 1.807) is 0 Å². The fraction of sp³-hybridized carbons (Fsp3) is 0.810. The number of hydrogen-bond acceptors (Lipinski definition) is 1. The Balaban J connectivity index is 1.61. The molecule has 22 heavy (non-hydrogen) atoms. The summed E-state index contributed by atoms with van der Waals surface area (Å²) in [5.41, 5.74) is 0. The standard InChI is InChI=1S/C21H36O/c1-3-5-7-8-18-9-11-19(12-10-18)20-13-15-21(16-14-20)22-17-6-4-2/h3-5,18-21H,2,6-17H2,1H3/b5-3+/t18-,19-,20-,21-. The molecule has 0 amide bonds. The van der Waals surface area contributed by atoms with Gasteiger partial charge >= 0.3 is 0 Å². The molecule has 0 aromatic carbocycles. The zero-order valence-electron chi connectivity index (χ0n) is 14.6. The van der Waals surface area contributed by atoms with Crippen LogP contribution < -0.4 is 0 Å². The maximum Gasteiger partial charge on any atom is 0.0575 e. The third-order valence-electron chi connectivity index (χ3n) is 5.93. The lowest BCUT2D eigenvalue weighted by atomic mass is 9.70. The Morgan fingerprint density at radius 3 is 2.14 bits per heavy atom. The number of allylic oxidation sites excluding steroid dienone is 2. The Morgan fingerprint density at radius 2 is 1.55 bits per heavy atom. The van der Waals surface area contributed by atoms with Gasteiger partial charge in [0.15, 0.2) is 0 Å². The van der Waals surface area contributed by atoms with E-state index in [0.29, 0.717) is 6.10 Å². The van der Waals surface area contributed by atoms with Crippen molar-refractivity contribution in [3.63, 3.8) is 0 Å². The number of hydrogen-bond donors (Lipinski definition) is 0. The third kappa shape index (κ3) is 5.91. The molecule has 2 aliphatic rings. The summed E-state index contributed by atoms with van der Waals surface area (Å²) in [6.45, 7) is 6.77. The van der Waals surface area contributed by atoms with E-state index in [1.165, 1.54) is 64.2 Å². The SMILES string of the molecule is C=CCCO[C@H]1CC[C@H]([C@H]2CC[C@H](CC/C=C/C)CC2)CC1. The average Bonchev–Trinajstić information content (AvgIpc) is 2.57. The largest absolute Gasteiger partial charge is 0.378 e. The third-order valence-corrected chi connectivity index (χ3v) is 5.93. The summed E-state index contributed by atoms with van der Waals surface area (Å²) in [6.07, 6.45) is 22.1. The summed E-state index contributed by atoms with van der Waals surface area (Å²) in [5.74, 6) is 3.02. The van der Waals surface area contributed by atoms with Gasteiger partial charge in [0.2, 0.25) is 0 Å². The van der Waals surface area contributed by atoms with Crippen LogP contribution in [0.1, 0.15) is 77.6 Å². The molecule has 0 N–H and O–H groups in total. The van der Waals surface area contributed by atoms with E-state index in [9.17, 15) is 0 Å². The summed E-state index contributed by atoms with van der Waals surface area (Å²) < 4.78 is 5.95. The molecule has 0 unspecified atom stereocenters. The Kier molecular flexibility index (Phi) is 8.30. The van der Waals surface area contributed by atoms with Crippen LogP contribution >= 0.6 is 0 Å². The molecule has 2 fully saturated rings. The van der Waals surface area contributed by atoms with Crippen molar-refractivity contribution in [1.82, 2.24) is 0 Å². The molecule has 0 spiro atoms. The van der Waals surface area contributed by atoms with Crippen molar-refractivity contribution >= 4 is 0 Å². The van der Waals surface area contributed by atoms with E-state index in [1.807, 2.05) is 6.08 Å². The molecule has 0 radical (unpaired) electrons. The second-order valence-corrected chi connectivity index (χ2v) is 7.41. The zero-order valence-corrected chi connectivity index (χ0v) is 14.6. The Labute approximate surface area is 138 Å². The normalized spacial score (nSPS) is 33.1. The summed E-state index contributed by atoms with van der Waals surface area (Å²) in [7, 11) is 0. The van der Waals surface area contributed by atoms with Crippen LogP contribution in [0.4, 0.5) is 0 Å². The van der Waals surface area contributed by atoms with Gasteiger partial charge in [-0.1, -0.05) is 31.1 Å². The first kappa shape index (κ1) is 17.8. The van der Waals surface area contributed by atoms with Crippen LogP contribution in [0.25, 0.3) is 0 Å². The van der Waals surface area contributed by atoms with Gasteiger partial charge in [0.05, 0.1) is 12.7 Å². The van der Waals surface area contributed by atoms with Crippen molar-refractivity contribution in [2.75, 3.05) is 6.61 Å². The van der Waals surface area contributed by atoms with E-state index in [0.717, 1.165) is 30.8 Å². The van der Waals surface area contributed by atoms with Crippen LogP contribution in [0.3, 0.4) is 0 Å². The minimum absolute atomic E-state index is 0.536. The van der Waals surface area contributed by atoms with Crippen molar-refractivity contribution in [2.24, 2.45) is 17.8 Å². The van der Waals surface area contributed by atoms with Crippen molar-refractivity contribution in [3.05, 3.63) is 24.8 Å². The molecular weight excluding hydrogens is 268 g/mol. The number of ether oxygens (including phenoxy) is 1. The second kappa shape index (κ2) is 10.3. The monoisotopic (exact) mass is 304 g/mol. The van der Waals surface area contributed by atoms with E-state index in [2.05, 4.69) is 25.7 Å². The minimum Gasteiger partial charge on any atom is -0.378 e. The van der Waals surface area contributed by atoms with E-state index >= 15 is 0 Å². The topological polar surface area (TPSA) is 9.23 Å². The van der Waals surface area contributed by atoms with Crippen LogP contribution in [0, 0.1) is 17.8 Å². The van der Waals surface area contributed by atoms with Crippen LogP contribution in [0.2, 0.25) is 0 Å². The first-order valence-electron chi connectivity index (χ1n) is 9.67. The molecule has 1 nitrogen and oxygen atoms in total. The quantitative estimate of drug-likeness (QED) is 0.377. The smallest absolute Gasteiger partial charge is 0.0575 e. The molecular formula is C21H36O. The summed E-state index contributed by atoms with van der Waals surface area (Å²) in [4.78, 5) is 0. The molecule has 1 heteroatoms. The molecule has 0 aliphatic heterocycles. The average molecular weight is 305 g/mol. The Hall–Kier alpha value is -0.560. The first-order valence-corrected chi connectivity index (χ1v) is 9.67. The molecule has 0 heterocycles. The van der Waals surface area contributed by atoms with Gasteiger partial charge in [-0.3, -0.25) is 0 Å². The van der Waals surface area contributed by atoms with Crippen LogP contribution in [0.5, 0.6) is 0 Å². The maximum absolute atomic E-state index is 5.95. The molecule has 2 aliphatic carbocycles. The van der Waals surface area contributed by atoms with Crippen molar-refractivity contribution < 1.29 is 4.74 Å². The molecule has 2 rings (SSSR count). The van der Waals surface area contributed by atoms with Gasteiger partial charge in [-0.25, -0.2) is 0 Å². The van der Waals surface area contributed by atoms with Crippen molar-refractivity contribution in [2.45, 2.75) is 83.7 Å².